The molecule has 0 bridgehead atoms. The minimum atomic E-state index is -4.19. The van der Waals surface area contributed by atoms with E-state index in [1.807, 2.05) is 6.92 Å². The zero-order valence-corrected chi connectivity index (χ0v) is 18.3. The number of hydrogen-bond acceptors (Lipinski definition) is 3. The zero-order valence-electron chi connectivity index (χ0n) is 16.7. The lowest BCUT2D eigenvalue weighted by atomic mass is 9.91. The number of rotatable bonds is 7. The van der Waals surface area contributed by atoms with Crippen molar-refractivity contribution in [3.05, 3.63) is 56.2 Å². The van der Waals surface area contributed by atoms with Crippen LogP contribution in [-0.4, -0.2) is 18.7 Å². The number of alkyl halides is 3. The normalized spacial score (nSPS) is 17.3. The monoisotopic (exact) mass is 457 g/mol. The van der Waals surface area contributed by atoms with E-state index >= 15 is 0 Å². The average molecular weight is 458 g/mol. The first-order valence-electron chi connectivity index (χ1n) is 9.76. The Morgan fingerprint density at radius 2 is 2.03 bits per heavy atom. The van der Waals surface area contributed by atoms with Gasteiger partial charge in [0.2, 0.25) is 5.91 Å². The van der Waals surface area contributed by atoms with Gasteiger partial charge in [-0.25, -0.2) is 0 Å². The van der Waals surface area contributed by atoms with Crippen LogP contribution in [0, 0.1) is 0 Å². The standard InChI is InChI=1S/C22H23ClF3NO2S/c1-3-15-6-8-20(30-15)17-12-19(27-21(28)13(17)2)16-7-5-14(11-18(16)23)29-10-4-9-22(24,25)26/h5-8,11,19H,3-4,9-10,12H2,1-2H3,(H,27,28)/t19-/m0/s1. The molecular weight excluding hydrogens is 435 g/mol. The number of amides is 1. The molecule has 1 atom stereocenters. The second kappa shape index (κ2) is 9.43. The molecule has 1 aromatic carbocycles. The van der Waals surface area contributed by atoms with E-state index in [1.54, 1.807) is 29.5 Å². The van der Waals surface area contributed by atoms with E-state index in [0.717, 1.165) is 22.4 Å². The lowest BCUT2D eigenvalue weighted by Gasteiger charge is -2.27. The number of carbonyl (C=O) groups excluding carboxylic acids is 1. The Balaban J connectivity index is 1.72. The molecule has 0 spiro atoms. The second-order valence-electron chi connectivity index (χ2n) is 7.20. The molecule has 1 aliphatic heterocycles. The molecule has 1 N–H and O–H groups in total. The Morgan fingerprint density at radius 3 is 2.67 bits per heavy atom. The highest BCUT2D eigenvalue weighted by atomic mass is 35.5. The van der Waals surface area contributed by atoms with Crippen LogP contribution in [0.3, 0.4) is 0 Å². The molecule has 30 heavy (non-hydrogen) atoms. The lowest BCUT2D eigenvalue weighted by molar-refractivity contribution is -0.136. The summed E-state index contributed by atoms with van der Waals surface area (Å²) in [5, 5.41) is 3.40. The van der Waals surface area contributed by atoms with Crippen molar-refractivity contribution in [3.63, 3.8) is 0 Å². The molecule has 3 nitrogen and oxygen atoms in total. The quantitative estimate of drug-likeness (QED) is 0.468. The molecule has 1 aliphatic rings. The summed E-state index contributed by atoms with van der Waals surface area (Å²) in [6, 6.07) is 8.87. The van der Waals surface area contributed by atoms with Gasteiger partial charge in [0.1, 0.15) is 5.75 Å². The topological polar surface area (TPSA) is 38.3 Å². The number of halogens is 4. The summed E-state index contributed by atoms with van der Waals surface area (Å²) in [6.45, 7) is 3.88. The molecule has 1 amide bonds. The third kappa shape index (κ3) is 5.58. The number of carbonyl (C=O) groups is 1. The zero-order chi connectivity index (χ0) is 21.9. The van der Waals surface area contributed by atoms with Crippen LogP contribution in [0.2, 0.25) is 5.02 Å². The Hall–Kier alpha value is -1.99. The predicted molar refractivity (Wildman–Crippen MR) is 114 cm³/mol. The van der Waals surface area contributed by atoms with E-state index in [1.165, 1.54) is 4.88 Å². The van der Waals surface area contributed by atoms with Gasteiger partial charge >= 0.3 is 6.18 Å². The molecule has 0 saturated carbocycles. The van der Waals surface area contributed by atoms with Crippen molar-refractivity contribution in [1.29, 1.82) is 0 Å². The van der Waals surface area contributed by atoms with Crippen LogP contribution in [0.1, 0.15) is 54.5 Å². The van der Waals surface area contributed by atoms with Crippen LogP contribution in [0.25, 0.3) is 5.57 Å². The van der Waals surface area contributed by atoms with E-state index in [-0.39, 0.29) is 25.0 Å². The van der Waals surface area contributed by atoms with E-state index in [2.05, 4.69) is 24.4 Å². The van der Waals surface area contributed by atoms with Gasteiger partial charge in [0.25, 0.3) is 0 Å². The summed E-state index contributed by atoms with van der Waals surface area (Å²) in [5.41, 5.74) is 2.47. The molecular formula is C22H23ClF3NO2S. The first-order chi connectivity index (χ1) is 14.2. The summed E-state index contributed by atoms with van der Waals surface area (Å²) in [5.74, 6) is 0.280. The maximum atomic E-state index is 12.5. The molecule has 162 valence electrons. The highest BCUT2D eigenvalue weighted by molar-refractivity contribution is 7.13. The summed E-state index contributed by atoms with van der Waals surface area (Å²) < 4.78 is 42.1. The van der Waals surface area contributed by atoms with Crippen LogP contribution < -0.4 is 10.1 Å². The molecule has 0 saturated heterocycles. The van der Waals surface area contributed by atoms with Gasteiger partial charge in [-0.2, -0.15) is 13.2 Å². The van der Waals surface area contributed by atoms with Crippen molar-refractivity contribution >= 4 is 34.4 Å². The third-order valence-electron chi connectivity index (χ3n) is 5.04. The number of nitrogens with one attached hydrogen (secondary N) is 1. The smallest absolute Gasteiger partial charge is 0.389 e. The van der Waals surface area contributed by atoms with Crippen molar-refractivity contribution in [3.8, 4) is 5.75 Å². The summed E-state index contributed by atoms with van der Waals surface area (Å²) in [4.78, 5) is 14.9. The molecule has 3 rings (SSSR count). The fourth-order valence-electron chi connectivity index (χ4n) is 3.36. The first-order valence-corrected chi connectivity index (χ1v) is 11.0. The van der Waals surface area contributed by atoms with Crippen molar-refractivity contribution in [1.82, 2.24) is 5.32 Å². The van der Waals surface area contributed by atoms with Crippen LogP contribution >= 0.6 is 22.9 Å². The number of aryl methyl sites for hydroxylation is 1. The third-order valence-corrected chi connectivity index (χ3v) is 6.65. The molecule has 8 heteroatoms. The predicted octanol–water partition coefficient (Wildman–Crippen LogP) is 6.72. The van der Waals surface area contributed by atoms with Gasteiger partial charge < -0.3 is 10.1 Å². The number of ether oxygens (including phenoxy) is 1. The number of hydrogen-bond donors (Lipinski definition) is 1. The first kappa shape index (κ1) is 22.7. The lowest BCUT2D eigenvalue weighted by Crippen LogP contribution is -2.33. The largest absolute Gasteiger partial charge is 0.494 e. The highest BCUT2D eigenvalue weighted by Gasteiger charge is 2.28. The van der Waals surface area contributed by atoms with Crippen molar-refractivity contribution < 1.29 is 22.7 Å². The number of thiophene rings is 1. The molecule has 2 heterocycles. The molecule has 0 radical (unpaired) electrons. The molecule has 2 aromatic rings. The number of benzene rings is 1. The Morgan fingerprint density at radius 1 is 1.27 bits per heavy atom. The molecule has 1 aromatic heterocycles. The highest BCUT2D eigenvalue weighted by Crippen LogP contribution is 2.39. The van der Waals surface area contributed by atoms with Gasteiger partial charge in [-0.15, -0.1) is 11.3 Å². The minimum absolute atomic E-state index is 0.0421. The maximum absolute atomic E-state index is 12.5. The van der Waals surface area contributed by atoms with Gasteiger partial charge in [-0.3, -0.25) is 4.79 Å². The van der Waals surface area contributed by atoms with E-state index < -0.39 is 12.6 Å². The summed E-state index contributed by atoms with van der Waals surface area (Å²) in [6.07, 6.45) is -3.62. The molecule has 0 unspecified atom stereocenters. The van der Waals surface area contributed by atoms with E-state index in [0.29, 0.717) is 22.8 Å². The van der Waals surface area contributed by atoms with Crippen LogP contribution in [0.4, 0.5) is 13.2 Å². The van der Waals surface area contributed by atoms with Crippen LogP contribution in [-0.2, 0) is 11.2 Å². The fourth-order valence-corrected chi connectivity index (χ4v) is 4.72. The van der Waals surface area contributed by atoms with Gasteiger partial charge in [0.05, 0.1) is 12.6 Å². The molecule has 0 aliphatic carbocycles. The average Bonchev–Trinajstić information content (AvgIpc) is 3.16. The Kier molecular flexibility index (Phi) is 7.14. The van der Waals surface area contributed by atoms with Crippen molar-refractivity contribution in [2.24, 2.45) is 0 Å². The van der Waals surface area contributed by atoms with Crippen LogP contribution in [0.5, 0.6) is 5.75 Å². The fraction of sp³-hybridized carbons (Fsp3) is 0.409. The van der Waals surface area contributed by atoms with Crippen molar-refractivity contribution in [2.45, 2.75) is 51.7 Å². The summed E-state index contributed by atoms with van der Waals surface area (Å²) >= 11 is 8.12. The molecule has 0 fully saturated rings. The van der Waals surface area contributed by atoms with E-state index in [4.69, 9.17) is 16.3 Å². The second-order valence-corrected chi connectivity index (χ2v) is 8.78. The SMILES string of the molecule is CCc1ccc(C2=C(C)C(=O)N[C@H](c3ccc(OCCCC(F)(F)F)cc3Cl)C2)s1. The Labute approximate surface area is 182 Å². The van der Waals surface area contributed by atoms with Gasteiger partial charge in [0.15, 0.2) is 0 Å². The maximum Gasteiger partial charge on any atom is 0.389 e. The van der Waals surface area contributed by atoms with Crippen LogP contribution in [0.15, 0.2) is 35.9 Å². The Bertz CT molecular complexity index is 952. The van der Waals surface area contributed by atoms with Gasteiger partial charge in [0, 0.05) is 26.8 Å². The minimum Gasteiger partial charge on any atom is -0.494 e. The van der Waals surface area contributed by atoms with E-state index in [9.17, 15) is 18.0 Å². The van der Waals surface area contributed by atoms with Gasteiger partial charge in [-0.1, -0.05) is 24.6 Å². The van der Waals surface area contributed by atoms with Crippen molar-refractivity contribution in [2.75, 3.05) is 6.61 Å². The summed E-state index contributed by atoms with van der Waals surface area (Å²) in [7, 11) is 0. The van der Waals surface area contributed by atoms with Gasteiger partial charge in [-0.05, 0) is 61.6 Å².